The summed E-state index contributed by atoms with van der Waals surface area (Å²) in [6.45, 7) is 1.57. The minimum Gasteiger partial charge on any atom is -0.348 e. The zero-order chi connectivity index (χ0) is 27.1. The number of aryl methyl sites for hydroxylation is 1. The smallest absolute Gasteiger partial charge is 0.264 e. The lowest BCUT2D eigenvalue weighted by atomic mass is 10.1. The Kier molecular flexibility index (Phi) is 8.40. The molecule has 2 N–H and O–H groups in total. The number of aromatic nitrogens is 1. The average molecular weight is 549 g/mol. The third kappa shape index (κ3) is 6.56. The molecule has 1 heterocycles. The van der Waals surface area contributed by atoms with Crippen molar-refractivity contribution in [2.45, 2.75) is 18.4 Å². The summed E-state index contributed by atoms with van der Waals surface area (Å²) >= 11 is 6.13. The number of rotatable bonds is 9. The Labute approximate surface area is 226 Å². The first-order valence-corrected chi connectivity index (χ1v) is 13.5. The van der Waals surface area contributed by atoms with E-state index in [1.165, 1.54) is 18.2 Å². The summed E-state index contributed by atoms with van der Waals surface area (Å²) < 4.78 is 28.1. The fourth-order valence-corrected chi connectivity index (χ4v) is 5.27. The van der Waals surface area contributed by atoms with E-state index in [0.717, 1.165) is 15.4 Å². The highest BCUT2D eigenvalue weighted by Crippen LogP contribution is 2.26. The third-order valence-corrected chi connectivity index (χ3v) is 7.64. The summed E-state index contributed by atoms with van der Waals surface area (Å²) in [7, 11) is -4.11. The Hall–Kier alpha value is -4.21. The molecule has 0 radical (unpaired) electrons. The van der Waals surface area contributed by atoms with E-state index in [0.29, 0.717) is 5.02 Å². The number of anilines is 2. The van der Waals surface area contributed by atoms with Gasteiger partial charge in [-0.2, -0.15) is 0 Å². The highest BCUT2D eigenvalue weighted by Gasteiger charge is 2.28. The van der Waals surface area contributed by atoms with E-state index < -0.39 is 28.4 Å². The molecule has 194 valence electrons. The number of pyridine rings is 1. The van der Waals surface area contributed by atoms with Crippen LogP contribution in [0.2, 0.25) is 5.02 Å². The van der Waals surface area contributed by atoms with Crippen LogP contribution in [0.4, 0.5) is 11.4 Å². The van der Waals surface area contributed by atoms with Gasteiger partial charge in [0.05, 0.1) is 21.8 Å². The Morgan fingerprint density at radius 3 is 2.42 bits per heavy atom. The molecule has 4 rings (SSSR count). The van der Waals surface area contributed by atoms with Gasteiger partial charge in [0, 0.05) is 24.0 Å². The van der Waals surface area contributed by atoms with Crippen LogP contribution in [-0.4, -0.2) is 31.8 Å². The molecule has 0 bridgehead atoms. The summed E-state index contributed by atoms with van der Waals surface area (Å²) in [5.74, 6) is -1.03. The van der Waals surface area contributed by atoms with Crippen LogP contribution in [0.3, 0.4) is 0 Å². The Bertz CT molecular complexity index is 1540. The van der Waals surface area contributed by atoms with Crippen molar-refractivity contribution >= 4 is 44.8 Å². The monoisotopic (exact) mass is 548 g/mol. The Morgan fingerprint density at radius 2 is 1.71 bits per heavy atom. The molecule has 1 aromatic heterocycles. The molecule has 10 heteroatoms. The van der Waals surface area contributed by atoms with E-state index in [1.54, 1.807) is 73.1 Å². The molecule has 4 aromatic rings. The van der Waals surface area contributed by atoms with Crippen molar-refractivity contribution < 1.29 is 18.0 Å². The van der Waals surface area contributed by atoms with Crippen LogP contribution in [-0.2, 0) is 21.4 Å². The van der Waals surface area contributed by atoms with Gasteiger partial charge in [0.2, 0.25) is 5.91 Å². The fourth-order valence-electron chi connectivity index (χ4n) is 3.67. The average Bonchev–Trinajstić information content (AvgIpc) is 2.91. The number of nitrogens with zero attached hydrogens (tertiary/aromatic N) is 2. The fraction of sp³-hybridized carbons (Fsp3) is 0.107. The van der Waals surface area contributed by atoms with Crippen molar-refractivity contribution in [1.82, 2.24) is 10.3 Å². The van der Waals surface area contributed by atoms with Crippen molar-refractivity contribution in [3.63, 3.8) is 0 Å². The highest BCUT2D eigenvalue weighted by molar-refractivity contribution is 7.92. The first-order chi connectivity index (χ1) is 18.2. The normalized spacial score (nSPS) is 11.0. The second kappa shape index (κ2) is 11.9. The summed E-state index contributed by atoms with van der Waals surface area (Å²) in [6, 6.07) is 22.7. The number of sulfonamides is 1. The van der Waals surface area contributed by atoms with Crippen LogP contribution in [0.5, 0.6) is 0 Å². The molecule has 8 nitrogen and oxygen atoms in total. The van der Waals surface area contributed by atoms with Gasteiger partial charge in [-0.3, -0.25) is 18.9 Å². The van der Waals surface area contributed by atoms with E-state index in [9.17, 15) is 18.0 Å². The van der Waals surface area contributed by atoms with E-state index in [2.05, 4.69) is 15.6 Å². The van der Waals surface area contributed by atoms with E-state index in [-0.39, 0.29) is 28.4 Å². The van der Waals surface area contributed by atoms with Crippen LogP contribution in [0.1, 0.15) is 21.5 Å². The molecule has 0 atom stereocenters. The van der Waals surface area contributed by atoms with Crippen molar-refractivity contribution in [2.24, 2.45) is 0 Å². The van der Waals surface area contributed by atoms with Gasteiger partial charge in [0.15, 0.2) is 0 Å². The van der Waals surface area contributed by atoms with Crippen LogP contribution in [0, 0.1) is 6.92 Å². The molecule has 0 unspecified atom stereocenters. The second-order valence-corrected chi connectivity index (χ2v) is 10.7. The van der Waals surface area contributed by atoms with E-state index in [1.807, 2.05) is 13.0 Å². The molecule has 0 spiro atoms. The van der Waals surface area contributed by atoms with Gasteiger partial charge in [-0.05, 0) is 61.0 Å². The molecule has 3 aromatic carbocycles. The minimum absolute atomic E-state index is 0.0334. The number of benzene rings is 3. The first kappa shape index (κ1) is 26.8. The molecule has 0 aliphatic carbocycles. The van der Waals surface area contributed by atoms with Gasteiger partial charge in [0.1, 0.15) is 6.54 Å². The van der Waals surface area contributed by atoms with Crippen molar-refractivity contribution in [2.75, 3.05) is 16.2 Å². The number of hydrogen-bond acceptors (Lipinski definition) is 5. The third-order valence-electron chi connectivity index (χ3n) is 5.61. The predicted molar refractivity (Wildman–Crippen MR) is 148 cm³/mol. The number of amides is 2. The Morgan fingerprint density at radius 1 is 0.947 bits per heavy atom. The van der Waals surface area contributed by atoms with Gasteiger partial charge in [-0.15, -0.1) is 0 Å². The van der Waals surface area contributed by atoms with Gasteiger partial charge in [-0.1, -0.05) is 53.6 Å². The number of para-hydroxylation sites is 1. The zero-order valence-corrected chi connectivity index (χ0v) is 22.0. The summed E-state index contributed by atoms with van der Waals surface area (Å²) in [5.41, 5.74) is 2.44. The van der Waals surface area contributed by atoms with Gasteiger partial charge >= 0.3 is 0 Å². The zero-order valence-electron chi connectivity index (χ0n) is 20.5. The van der Waals surface area contributed by atoms with Crippen molar-refractivity contribution in [3.05, 3.63) is 119 Å². The van der Waals surface area contributed by atoms with Crippen LogP contribution in [0.15, 0.2) is 102 Å². The molecule has 0 aliphatic heterocycles. The van der Waals surface area contributed by atoms with E-state index in [4.69, 9.17) is 11.6 Å². The molecule has 0 aliphatic rings. The number of carbonyl (C=O) groups excluding carboxylic acids is 2. The number of hydrogen-bond donors (Lipinski definition) is 2. The van der Waals surface area contributed by atoms with Crippen molar-refractivity contribution in [3.8, 4) is 0 Å². The largest absolute Gasteiger partial charge is 0.348 e. The molecule has 0 fully saturated rings. The van der Waals surface area contributed by atoms with Crippen LogP contribution in [0.25, 0.3) is 0 Å². The summed E-state index contributed by atoms with van der Waals surface area (Å²) in [5, 5.41) is 5.81. The van der Waals surface area contributed by atoms with Crippen LogP contribution >= 0.6 is 11.6 Å². The maximum Gasteiger partial charge on any atom is 0.264 e. The molecule has 38 heavy (non-hydrogen) atoms. The number of halogens is 1. The second-order valence-electron chi connectivity index (χ2n) is 8.44. The van der Waals surface area contributed by atoms with E-state index >= 15 is 0 Å². The molecular weight excluding hydrogens is 524 g/mol. The predicted octanol–water partition coefficient (Wildman–Crippen LogP) is 4.81. The lowest BCUT2D eigenvalue weighted by molar-refractivity contribution is -0.114. The van der Waals surface area contributed by atoms with Gasteiger partial charge in [0.25, 0.3) is 15.9 Å². The summed E-state index contributed by atoms with van der Waals surface area (Å²) in [6.07, 6.45) is 3.29. The maximum atomic E-state index is 13.6. The first-order valence-electron chi connectivity index (χ1n) is 11.6. The Balaban J connectivity index is 1.57. The topological polar surface area (TPSA) is 108 Å². The number of nitrogens with one attached hydrogen (secondary N) is 2. The highest BCUT2D eigenvalue weighted by atomic mass is 35.5. The van der Waals surface area contributed by atoms with Gasteiger partial charge < -0.3 is 10.6 Å². The molecule has 2 amide bonds. The molecule has 0 saturated heterocycles. The number of carbonyl (C=O) groups is 2. The van der Waals surface area contributed by atoms with Gasteiger partial charge in [-0.25, -0.2) is 8.42 Å². The van der Waals surface area contributed by atoms with Crippen molar-refractivity contribution in [1.29, 1.82) is 0 Å². The van der Waals surface area contributed by atoms with Crippen LogP contribution < -0.4 is 14.9 Å². The SMILES string of the molecule is Cc1ccc(S(=O)(=O)N(CC(=O)Nc2ccccc2C(=O)NCc2cccnc2)c2cccc(Cl)c2)cc1. The standard InChI is InChI=1S/C28H25ClN4O4S/c1-20-11-13-24(14-12-20)38(36,37)33(23-8-4-7-22(29)16-23)19-27(34)32-26-10-3-2-9-25(26)28(35)31-18-21-6-5-15-30-17-21/h2-17H,18-19H2,1H3,(H,31,35)(H,32,34). The maximum absolute atomic E-state index is 13.6. The quantitative estimate of drug-likeness (QED) is 0.312. The lowest BCUT2D eigenvalue weighted by Crippen LogP contribution is -2.38. The summed E-state index contributed by atoms with van der Waals surface area (Å²) in [4.78, 5) is 30.1. The molecular formula is C28H25ClN4O4S. The lowest BCUT2D eigenvalue weighted by Gasteiger charge is -2.24. The minimum atomic E-state index is -4.11. The molecule has 0 saturated carbocycles.